The molecule has 1 aliphatic rings. The highest BCUT2D eigenvalue weighted by atomic mass is 32.1. The number of anilines is 1. The van der Waals surface area contributed by atoms with Crippen LogP contribution in [0.5, 0.6) is 0 Å². The Labute approximate surface area is 135 Å². The molecule has 2 aromatic rings. The molecule has 0 bridgehead atoms. The maximum Gasteiger partial charge on any atom is 0.185 e. The lowest BCUT2D eigenvalue weighted by atomic mass is 10.2. The summed E-state index contributed by atoms with van der Waals surface area (Å²) in [5, 5.41) is 6.88. The number of nitrogens with zero attached hydrogens (tertiary/aromatic N) is 2. The predicted octanol–water partition coefficient (Wildman–Crippen LogP) is 3.83. The van der Waals surface area contributed by atoms with Gasteiger partial charge in [0.2, 0.25) is 0 Å². The maximum atomic E-state index is 4.77. The minimum absolute atomic E-state index is 0.471. The molecular weight excluding hydrogens is 298 g/mol. The molecule has 114 valence electrons. The second-order valence-electron chi connectivity index (χ2n) is 5.90. The van der Waals surface area contributed by atoms with Crippen LogP contribution >= 0.6 is 22.7 Å². The first kappa shape index (κ1) is 15.0. The lowest BCUT2D eigenvalue weighted by molar-refractivity contribution is 0.684. The molecule has 0 amide bonds. The topological polar surface area (TPSA) is 28.2 Å². The SMILES string of the molecule is Cc1nc(N(C)C(C)Cc2cccs2)sc1CNC1CC1. The summed E-state index contributed by atoms with van der Waals surface area (Å²) in [7, 11) is 2.16. The minimum atomic E-state index is 0.471. The summed E-state index contributed by atoms with van der Waals surface area (Å²) < 4.78 is 0. The van der Waals surface area contributed by atoms with Gasteiger partial charge in [-0.2, -0.15) is 0 Å². The average molecular weight is 322 g/mol. The quantitative estimate of drug-likeness (QED) is 0.840. The molecule has 0 spiro atoms. The maximum absolute atomic E-state index is 4.77. The van der Waals surface area contributed by atoms with Gasteiger partial charge >= 0.3 is 0 Å². The average Bonchev–Trinajstić information content (AvgIpc) is 3.02. The van der Waals surface area contributed by atoms with Crippen LogP contribution in [-0.2, 0) is 13.0 Å². The van der Waals surface area contributed by atoms with Crippen molar-refractivity contribution in [2.24, 2.45) is 0 Å². The van der Waals surface area contributed by atoms with Crippen molar-refractivity contribution < 1.29 is 0 Å². The molecule has 3 nitrogen and oxygen atoms in total. The van der Waals surface area contributed by atoms with Crippen molar-refractivity contribution in [1.29, 1.82) is 0 Å². The van der Waals surface area contributed by atoms with Crippen molar-refractivity contribution in [2.45, 2.75) is 51.7 Å². The van der Waals surface area contributed by atoms with E-state index in [9.17, 15) is 0 Å². The summed E-state index contributed by atoms with van der Waals surface area (Å²) >= 11 is 3.67. The Kier molecular flexibility index (Phi) is 4.62. The standard InChI is InChI=1S/C16H23N3S2/c1-11(9-14-5-4-8-20-14)19(3)16-18-12(2)15(21-16)10-17-13-6-7-13/h4-5,8,11,13,17H,6-7,9-10H2,1-3H3. The molecule has 2 heterocycles. The van der Waals surface area contributed by atoms with Crippen molar-refractivity contribution in [3.63, 3.8) is 0 Å². The van der Waals surface area contributed by atoms with E-state index >= 15 is 0 Å². The van der Waals surface area contributed by atoms with Gasteiger partial charge in [-0.1, -0.05) is 6.07 Å². The van der Waals surface area contributed by atoms with Crippen LogP contribution < -0.4 is 10.2 Å². The number of nitrogens with one attached hydrogen (secondary N) is 1. The Balaban J connectivity index is 1.62. The van der Waals surface area contributed by atoms with E-state index in [1.54, 1.807) is 0 Å². The smallest absolute Gasteiger partial charge is 0.185 e. The Bertz CT molecular complexity index is 572. The molecule has 1 unspecified atom stereocenters. The fraction of sp³-hybridized carbons (Fsp3) is 0.562. The molecule has 21 heavy (non-hydrogen) atoms. The number of hydrogen-bond donors (Lipinski definition) is 1. The number of aryl methyl sites for hydroxylation is 1. The van der Waals surface area contributed by atoms with Crippen LogP contribution in [0.1, 0.15) is 35.2 Å². The van der Waals surface area contributed by atoms with E-state index in [1.807, 2.05) is 22.7 Å². The van der Waals surface area contributed by atoms with Crippen LogP contribution in [0.4, 0.5) is 5.13 Å². The molecule has 1 aliphatic carbocycles. The van der Waals surface area contributed by atoms with Crippen LogP contribution in [0.3, 0.4) is 0 Å². The van der Waals surface area contributed by atoms with E-state index in [0.29, 0.717) is 6.04 Å². The van der Waals surface area contributed by atoms with Crippen molar-refractivity contribution in [3.8, 4) is 0 Å². The highest BCUT2D eigenvalue weighted by molar-refractivity contribution is 7.15. The number of thiazole rings is 1. The summed E-state index contributed by atoms with van der Waals surface area (Å²) in [6, 6.07) is 5.57. The van der Waals surface area contributed by atoms with Crippen LogP contribution in [0.25, 0.3) is 0 Å². The first-order valence-corrected chi connectivity index (χ1v) is 9.28. The molecule has 0 radical (unpaired) electrons. The van der Waals surface area contributed by atoms with E-state index in [0.717, 1.165) is 24.1 Å². The van der Waals surface area contributed by atoms with Gasteiger partial charge < -0.3 is 10.2 Å². The zero-order chi connectivity index (χ0) is 14.8. The van der Waals surface area contributed by atoms with Crippen molar-refractivity contribution >= 4 is 27.8 Å². The molecule has 1 saturated carbocycles. The van der Waals surface area contributed by atoms with Gasteiger partial charge in [-0.15, -0.1) is 22.7 Å². The predicted molar refractivity (Wildman–Crippen MR) is 92.6 cm³/mol. The second-order valence-corrected chi connectivity index (χ2v) is 8.00. The van der Waals surface area contributed by atoms with Crippen LogP contribution in [0.15, 0.2) is 17.5 Å². The van der Waals surface area contributed by atoms with E-state index < -0.39 is 0 Å². The summed E-state index contributed by atoms with van der Waals surface area (Å²) in [5.41, 5.74) is 1.18. The van der Waals surface area contributed by atoms with Gasteiger partial charge in [0.25, 0.3) is 0 Å². The minimum Gasteiger partial charge on any atom is -0.348 e. The number of hydrogen-bond acceptors (Lipinski definition) is 5. The van der Waals surface area contributed by atoms with Crippen molar-refractivity contribution in [2.75, 3.05) is 11.9 Å². The van der Waals surface area contributed by atoms with Crippen LogP contribution in [0.2, 0.25) is 0 Å². The Morgan fingerprint density at radius 2 is 2.29 bits per heavy atom. The number of thiophene rings is 1. The van der Waals surface area contributed by atoms with Crippen LogP contribution in [-0.4, -0.2) is 24.1 Å². The van der Waals surface area contributed by atoms with Gasteiger partial charge in [-0.3, -0.25) is 0 Å². The molecule has 1 N–H and O–H groups in total. The normalized spacial score (nSPS) is 16.1. The van der Waals surface area contributed by atoms with E-state index in [4.69, 9.17) is 4.98 Å². The molecule has 0 saturated heterocycles. The van der Waals surface area contributed by atoms with Gasteiger partial charge in [0.05, 0.1) is 5.69 Å². The second kappa shape index (κ2) is 6.46. The third kappa shape index (κ3) is 3.84. The summed E-state index contributed by atoms with van der Waals surface area (Å²) in [6.07, 6.45) is 3.76. The lowest BCUT2D eigenvalue weighted by Crippen LogP contribution is -2.30. The molecule has 1 fully saturated rings. The molecule has 2 aromatic heterocycles. The van der Waals surface area contributed by atoms with Gasteiger partial charge in [-0.25, -0.2) is 4.98 Å². The highest BCUT2D eigenvalue weighted by Crippen LogP contribution is 2.28. The zero-order valence-corrected chi connectivity index (χ0v) is 14.6. The largest absolute Gasteiger partial charge is 0.348 e. The first-order valence-electron chi connectivity index (χ1n) is 7.58. The Hall–Kier alpha value is -0.910. The molecule has 1 atom stereocenters. The summed E-state index contributed by atoms with van der Waals surface area (Å²) in [6.45, 7) is 5.38. The fourth-order valence-corrected chi connectivity index (χ4v) is 4.20. The highest BCUT2D eigenvalue weighted by Gasteiger charge is 2.22. The Morgan fingerprint density at radius 3 is 2.95 bits per heavy atom. The molecule has 0 aromatic carbocycles. The Morgan fingerprint density at radius 1 is 1.48 bits per heavy atom. The van der Waals surface area contributed by atoms with Gasteiger partial charge in [0.1, 0.15) is 0 Å². The van der Waals surface area contributed by atoms with Crippen molar-refractivity contribution in [1.82, 2.24) is 10.3 Å². The van der Waals surface area contributed by atoms with E-state index in [1.165, 1.54) is 28.3 Å². The van der Waals surface area contributed by atoms with Gasteiger partial charge in [0.15, 0.2) is 5.13 Å². The van der Waals surface area contributed by atoms with Crippen LogP contribution in [0, 0.1) is 6.92 Å². The molecule has 5 heteroatoms. The third-order valence-corrected chi connectivity index (χ3v) is 6.20. The zero-order valence-electron chi connectivity index (χ0n) is 12.9. The monoisotopic (exact) mass is 321 g/mol. The first-order chi connectivity index (χ1) is 10.1. The van der Waals surface area contributed by atoms with Gasteiger partial charge in [0, 0.05) is 41.9 Å². The lowest BCUT2D eigenvalue weighted by Gasteiger charge is -2.23. The summed E-state index contributed by atoms with van der Waals surface area (Å²) in [4.78, 5) is 9.91. The fourth-order valence-electron chi connectivity index (χ4n) is 2.30. The molecule has 3 rings (SSSR count). The number of rotatable bonds is 7. The molecule has 0 aliphatic heterocycles. The molecular formula is C16H23N3S2. The van der Waals surface area contributed by atoms with Crippen molar-refractivity contribution in [3.05, 3.63) is 33.0 Å². The van der Waals surface area contributed by atoms with E-state index in [2.05, 4.69) is 48.6 Å². The third-order valence-electron chi connectivity index (χ3n) is 4.05. The number of aromatic nitrogens is 1. The summed E-state index contributed by atoms with van der Waals surface area (Å²) in [5.74, 6) is 0. The van der Waals surface area contributed by atoms with Gasteiger partial charge in [-0.05, 0) is 38.1 Å². The van der Waals surface area contributed by atoms with E-state index in [-0.39, 0.29) is 0 Å². The number of likely N-dealkylation sites (N-methyl/N-ethyl adjacent to an activating group) is 1.